The van der Waals surface area contributed by atoms with Gasteiger partial charge in [0.2, 0.25) is 0 Å². The van der Waals surface area contributed by atoms with Crippen LogP contribution in [0.25, 0.3) is 10.2 Å². The molecular weight excluding hydrogens is 204 g/mol. The van der Waals surface area contributed by atoms with E-state index in [0.717, 1.165) is 11.3 Å². The number of aromatic nitrogens is 1. The minimum absolute atomic E-state index is 0.0488. The highest BCUT2D eigenvalue weighted by Crippen LogP contribution is 2.27. The molecule has 0 saturated carbocycles. The van der Waals surface area contributed by atoms with Crippen molar-refractivity contribution in [2.45, 2.75) is 6.92 Å². The summed E-state index contributed by atoms with van der Waals surface area (Å²) in [6.07, 6.45) is 0. The molecule has 0 spiro atoms. The lowest BCUT2D eigenvalue weighted by atomic mass is 10.2. The average molecular weight is 210 g/mol. The summed E-state index contributed by atoms with van der Waals surface area (Å²) in [5.74, 6) is 0. The van der Waals surface area contributed by atoms with E-state index in [1.807, 2.05) is 0 Å². The number of nitro groups is 1. The number of hydrogen-bond donors (Lipinski definition) is 1. The summed E-state index contributed by atoms with van der Waals surface area (Å²) in [6, 6.07) is 2.96. The normalized spacial score (nSPS) is 10.6. The zero-order chi connectivity index (χ0) is 10.3. The molecular formula is C8H6N2O3S. The molecule has 14 heavy (non-hydrogen) atoms. The highest BCUT2D eigenvalue weighted by atomic mass is 32.1. The van der Waals surface area contributed by atoms with Crippen LogP contribution in [0.5, 0.6) is 0 Å². The predicted molar refractivity (Wildman–Crippen MR) is 53.8 cm³/mol. The minimum atomic E-state index is -0.445. The molecule has 2 rings (SSSR count). The van der Waals surface area contributed by atoms with Crippen LogP contribution in [0.2, 0.25) is 0 Å². The molecule has 1 aromatic heterocycles. The zero-order valence-electron chi connectivity index (χ0n) is 7.23. The second-order valence-electron chi connectivity index (χ2n) is 2.86. The van der Waals surface area contributed by atoms with Crippen LogP contribution < -0.4 is 4.87 Å². The molecule has 0 fully saturated rings. The highest BCUT2D eigenvalue weighted by Gasteiger charge is 2.14. The zero-order valence-corrected chi connectivity index (χ0v) is 8.05. The van der Waals surface area contributed by atoms with Crippen molar-refractivity contribution < 1.29 is 4.92 Å². The van der Waals surface area contributed by atoms with Crippen LogP contribution in [-0.4, -0.2) is 9.91 Å². The molecule has 1 heterocycles. The van der Waals surface area contributed by atoms with Gasteiger partial charge in [-0.2, -0.15) is 0 Å². The van der Waals surface area contributed by atoms with Gasteiger partial charge in [-0.05, 0) is 13.0 Å². The predicted octanol–water partition coefficient (Wildman–Crippen LogP) is 1.81. The maximum absolute atomic E-state index is 11.0. The highest BCUT2D eigenvalue weighted by molar-refractivity contribution is 7.16. The van der Waals surface area contributed by atoms with E-state index in [2.05, 4.69) is 4.98 Å². The lowest BCUT2D eigenvalue weighted by Gasteiger charge is -1.96. The number of H-pyrrole nitrogens is 1. The Kier molecular flexibility index (Phi) is 1.85. The quantitative estimate of drug-likeness (QED) is 0.576. The van der Waals surface area contributed by atoms with E-state index < -0.39 is 4.92 Å². The van der Waals surface area contributed by atoms with Crippen molar-refractivity contribution in [3.05, 3.63) is 37.5 Å². The second kappa shape index (κ2) is 2.91. The molecule has 0 unspecified atom stereocenters. The van der Waals surface area contributed by atoms with E-state index >= 15 is 0 Å². The first-order chi connectivity index (χ1) is 6.59. The molecule has 0 bridgehead atoms. The van der Waals surface area contributed by atoms with Crippen LogP contribution in [0, 0.1) is 17.0 Å². The lowest BCUT2D eigenvalue weighted by Crippen LogP contribution is -1.91. The number of nitrogens with one attached hydrogen (secondary N) is 1. The fourth-order valence-electron chi connectivity index (χ4n) is 1.34. The molecule has 0 radical (unpaired) electrons. The molecule has 6 heteroatoms. The van der Waals surface area contributed by atoms with Crippen molar-refractivity contribution >= 4 is 27.2 Å². The molecule has 0 aliphatic carbocycles. The fourth-order valence-corrected chi connectivity index (χ4v) is 2.17. The number of fused-ring (bicyclic) bond motifs is 1. The van der Waals surface area contributed by atoms with Gasteiger partial charge in [0.1, 0.15) is 0 Å². The van der Waals surface area contributed by atoms with Gasteiger partial charge in [0, 0.05) is 11.6 Å². The van der Waals surface area contributed by atoms with Gasteiger partial charge in [-0.15, -0.1) is 0 Å². The molecule has 0 amide bonds. The minimum Gasteiger partial charge on any atom is -0.312 e. The smallest absolute Gasteiger partial charge is 0.305 e. The van der Waals surface area contributed by atoms with Crippen LogP contribution in [0.4, 0.5) is 5.69 Å². The van der Waals surface area contributed by atoms with Crippen LogP contribution in [0.3, 0.4) is 0 Å². The number of hydrogen-bond acceptors (Lipinski definition) is 4. The van der Waals surface area contributed by atoms with Gasteiger partial charge in [-0.3, -0.25) is 14.9 Å². The summed E-state index contributed by atoms with van der Waals surface area (Å²) in [5.41, 5.74) is 1.24. The van der Waals surface area contributed by atoms with E-state index in [1.54, 1.807) is 13.0 Å². The first-order valence-corrected chi connectivity index (χ1v) is 4.68. The first kappa shape index (κ1) is 8.89. The van der Waals surface area contributed by atoms with Gasteiger partial charge < -0.3 is 4.98 Å². The summed E-state index contributed by atoms with van der Waals surface area (Å²) < 4.78 is 0.657. The Morgan fingerprint density at radius 3 is 2.86 bits per heavy atom. The Morgan fingerprint density at radius 2 is 2.21 bits per heavy atom. The number of nitro benzene ring substituents is 1. The van der Waals surface area contributed by atoms with Gasteiger partial charge in [-0.25, -0.2) is 0 Å². The molecule has 0 aliphatic heterocycles. The summed E-state index contributed by atoms with van der Waals surface area (Å²) >= 11 is 0.995. The van der Waals surface area contributed by atoms with Crippen molar-refractivity contribution in [1.29, 1.82) is 0 Å². The average Bonchev–Trinajstić information content (AvgIpc) is 2.46. The monoisotopic (exact) mass is 210 g/mol. The Balaban J connectivity index is 2.87. The Hall–Kier alpha value is -1.69. The number of rotatable bonds is 1. The van der Waals surface area contributed by atoms with Gasteiger partial charge in [-0.1, -0.05) is 11.3 Å². The Labute approximate surface area is 82.2 Å². The Bertz CT molecular complexity index is 569. The van der Waals surface area contributed by atoms with Crippen molar-refractivity contribution in [3.63, 3.8) is 0 Å². The van der Waals surface area contributed by atoms with E-state index in [1.165, 1.54) is 6.07 Å². The van der Waals surface area contributed by atoms with Crippen molar-refractivity contribution in [2.75, 3.05) is 0 Å². The van der Waals surface area contributed by atoms with E-state index in [-0.39, 0.29) is 10.6 Å². The Morgan fingerprint density at radius 1 is 1.50 bits per heavy atom. The maximum Gasteiger partial charge on any atom is 0.305 e. The van der Waals surface area contributed by atoms with E-state index in [4.69, 9.17) is 0 Å². The molecule has 1 aromatic carbocycles. The molecule has 0 saturated heterocycles. The van der Waals surface area contributed by atoms with Gasteiger partial charge in [0.15, 0.2) is 0 Å². The van der Waals surface area contributed by atoms with Crippen LogP contribution in [-0.2, 0) is 0 Å². The third kappa shape index (κ3) is 1.20. The third-order valence-electron chi connectivity index (χ3n) is 2.01. The third-order valence-corrected chi connectivity index (χ3v) is 3.02. The molecule has 2 aromatic rings. The van der Waals surface area contributed by atoms with Crippen molar-refractivity contribution in [3.8, 4) is 0 Å². The molecule has 0 atom stereocenters. The van der Waals surface area contributed by atoms with Gasteiger partial charge in [0.25, 0.3) is 5.69 Å². The molecule has 1 N–H and O–H groups in total. The number of thiazole rings is 1. The van der Waals surface area contributed by atoms with Crippen LogP contribution in [0.1, 0.15) is 5.56 Å². The number of nitrogens with zero attached hydrogens (tertiary/aromatic N) is 1. The maximum atomic E-state index is 11.0. The summed E-state index contributed by atoms with van der Waals surface area (Å²) in [5, 5.41) is 10.6. The molecule has 72 valence electrons. The topological polar surface area (TPSA) is 76.0 Å². The van der Waals surface area contributed by atoms with Crippen LogP contribution in [0.15, 0.2) is 16.9 Å². The largest absolute Gasteiger partial charge is 0.312 e. The van der Waals surface area contributed by atoms with Gasteiger partial charge >= 0.3 is 4.87 Å². The SMILES string of the molecule is Cc1c([N+](=O)[O-])ccc2[nH]c(=O)sc12. The first-order valence-electron chi connectivity index (χ1n) is 3.86. The van der Waals surface area contributed by atoms with E-state index in [0.29, 0.717) is 15.8 Å². The standard InChI is InChI=1S/C8H6N2O3S/c1-4-6(10(12)13)3-2-5-7(4)14-8(11)9-5/h2-3H,1H3,(H,9,11). The van der Waals surface area contributed by atoms with Crippen molar-refractivity contribution in [2.24, 2.45) is 0 Å². The number of aromatic amines is 1. The summed E-state index contributed by atoms with van der Waals surface area (Å²) in [6.45, 7) is 1.64. The molecule has 5 nitrogen and oxygen atoms in total. The second-order valence-corrected chi connectivity index (χ2v) is 3.84. The molecule has 0 aliphatic rings. The van der Waals surface area contributed by atoms with Crippen molar-refractivity contribution in [1.82, 2.24) is 4.98 Å². The van der Waals surface area contributed by atoms with E-state index in [9.17, 15) is 14.9 Å². The fraction of sp³-hybridized carbons (Fsp3) is 0.125. The lowest BCUT2D eigenvalue weighted by molar-refractivity contribution is -0.385. The number of benzene rings is 1. The van der Waals surface area contributed by atoms with Crippen LogP contribution >= 0.6 is 11.3 Å². The summed E-state index contributed by atoms with van der Waals surface area (Å²) in [7, 11) is 0. The number of aryl methyl sites for hydroxylation is 1. The van der Waals surface area contributed by atoms with Gasteiger partial charge in [0.05, 0.1) is 15.1 Å². The summed E-state index contributed by atoms with van der Waals surface area (Å²) in [4.78, 5) is 23.6.